The normalized spacial score (nSPS) is 12.2. The number of imidazole rings is 1. The van der Waals surface area contributed by atoms with Crippen LogP contribution in [0.3, 0.4) is 0 Å². The third-order valence-electron chi connectivity index (χ3n) is 4.10. The number of nitrogens with zero attached hydrogens (tertiary/aromatic N) is 2. The molecule has 3 aromatic rings. The number of carbonyl (C=O) groups excluding carboxylic acids is 1. The molecule has 130 valence electrons. The van der Waals surface area contributed by atoms with Crippen LogP contribution in [0.25, 0.3) is 16.7 Å². The molecule has 0 bridgehead atoms. The zero-order valence-corrected chi connectivity index (χ0v) is 15.0. The summed E-state index contributed by atoms with van der Waals surface area (Å²) in [6, 6.07) is 15.7. The van der Waals surface area contributed by atoms with E-state index < -0.39 is 6.04 Å². The van der Waals surface area contributed by atoms with E-state index >= 15 is 0 Å². The molecular formula is C19H22N4OS. The average Bonchev–Trinajstić information content (AvgIpc) is 3.08. The molecule has 25 heavy (non-hydrogen) atoms. The zero-order chi connectivity index (χ0) is 17.6. The monoisotopic (exact) mass is 354 g/mol. The number of para-hydroxylation sites is 2. The molecule has 1 atom stereocenters. The Morgan fingerprint density at radius 2 is 2.00 bits per heavy atom. The third kappa shape index (κ3) is 4.21. The number of nitrogens with two attached hydrogens (primary N) is 1. The SMILES string of the molecule is CSCCC(N)C(=O)NCc1ccc(-n2cnc3ccccc32)cc1. The van der Waals surface area contributed by atoms with Gasteiger partial charge in [0, 0.05) is 12.2 Å². The van der Waals surface area contributed by atoms with Gasteiger partial charge in [0.15, 0.2) is 0 Å². The maximum Gasteiger partial charge on any atom is 0.237 e. The van der Waals surface area contributed by atoms with E-state index in [-0.39, 0.29) is 5.91 Å². The second kappa shape index (κ2) is 8.18. The Kier molecular flexibility index (Phi) is 5.73. The van der Waals surface area contributed by atoms with Crippen LogP contribution < -0.4 is 11.1 Å². The molecule has 0 aliphatic heterocycles. The van der Waals surface area contributed by atoms with Crippen LogP contribution in [0.15, 0.2) is 54.9 Å². The number of hydrogen-bond donors (Lipinski definition) is 2. The molecule has 6 heteroatoms. The molecule has 1 heterocycles. The number of carbonyl (C=O) groups is 1. The van der Waals surface area contributed by atoms with Crippen molar-refractivity contribution in [2.24, 2.45) is 5.73 Å². The van der Waals surface area contributed by atoms with E-state index in [2.05, 4.69) is 14.9 Å². The lowest BCUT2D eigenvalue weighted by molar-refractivity contribution is -0.122. The van der Waals surface area contributed by atoms with Gasteiger partial charge in [-0.1, -0.05) is 24.3 Å². The van der Waals surface area contributed by atoms with Gasteiger partial charge in [-0.15, -0.1) is 0 Å². The van der Waals surface area contributed by atoms with E-state index in [1.165, 1.54) is 0 Å². The third-order valence-corrected chi connectivity index (χ3v) is 4.75. The Balaban J connectivity index is 1.64. The van der Waals surface area contributed by atoms with Crippen molar-refractivity contribution in [2.75, 3.05) is 12.0 Å². The van der Waals surface area contributed by atoms with E-state index in [9.17, 15) is 4.79 Å². The highest BCUT2D eigenvalue weighted by atomic mass is 32.2. The molecular weight excluding hydrogens is 332 g/mol. The number of thioether (sulfide) groups is 1. The second-order valence-corrected chi connectivity index (χ2v) is 6.86. The quantitative estimate of drug-likeness (QED) is 0.684. The van der Waals surface area contributed by atoms with Crippen LogP contribution >= 0.6 is 11.8 Å². The topological polar surface area (TPSA) is 72.9 Å². The number of benzene rings is 2. The molecule has 0 saturated carbocycles. The summed E-state index contributed by atoms with van der Waals surface area (Å²) in [6.07, 6.45) is 4.53. The van der Waals surface area contributed by atoms with Crippen molar-refractivity contribution >= 4 is 28.7 Å². The van der Waals surface area contributed by atoms with Crippen LogP contribution in [0.2, 0.25) is 0 Å². The number of aromatic nitrogens is 2. The maximum atomic E-state index is 12.0. The van der Waals surface area contributed by atoms with E-state index in [0.29, 0.717) is 13.0 Å². The highest BCUT2D eigenvalue weighted by Gasteiger charge is 2.12. The van der Waals surface area contributed by atoms with Gasteiger partial charge < -0.3 is 11.1 Å². The number of hydrogen-bond acceptors (Lipinski definition) is 4. The van der Waals surface area contributed by atoms with Gasteiger partial charge in [-0.3, -0.25) is 9.36 Å². The van der Waals surface area contributed by atoms with Crippen LogP contribution in [-0.4, -0.2) is 33.5 Å². The first-order valence-electron chi connectivity index (χ1n) is 8.22. The zero-order valence-electron chi connectivity index (χ0n) is 14.2. The first-order valence-corrected chi connectivity index (χ1v) is 9.62. The summed E-state index contributed by atoms with van der Waals surface area (Å²) in [7, 11) is 0. The summed E-state index contributed by atoms with van der Waals surface area (Å²) in [5.41, 5.74) is 10.00. The molecule has 3 N–H and O–H groups in total. The first kappa shape index (κ1) is 17.5. The molecule has 0 aliphatic rings. The molecule has 0 spiro atoms. The van der Waals surface area contributed by atoms with Crippen molar-refractivity contribution < 1.29 is 4.79 Å². The van der Waals surface area contributed by atoms with Crippen molar-refractivity contribution in [3.63, 3.8) is 0 Å². The van der Waals surface area contributed by atoms with Gasteiger partial charge in [0.2, 0.25) is 5.91 Å². The molecule has 3 rings (SSSR count). The van der Waals surface area contributed by atoms with Gasteiger partial charge in [-0.2, -0.15) is 11.8 Å². The van der Waals surface area contributed by atoms with Crippen LogP contribution in [0, 0.1) is 0 Å². The van der Waals surface area contributed by atoms with Gasteiger partial charge in [0.05, 0.1) is 17.1 Å². The number of nitrogens with one attached hydrogen (secondary N) is 1. The number of amides is 1. The van der Waals surface area contributed by atoms with Gasteiger partial charge in [0.25, 0.3) is 0 Å². The smallest absolute Gasteiger partial charge is 0.237 e. The summed E-state index contributed by atoms with van der Waals surface area (Å²) in [6.45, 7) is 0.483. The van der Waals surface area contributed by atoms with Crippen LogP contribution in [0.1, 0.15) is 12.0 Å². The van der Waals surface area contributed by atoms with Crippen molar-refractivity contribution in [3.05, 3.63) is 60.4 Å². The van der Waals surface area contributed by atoms with Crippen molar-refractivity contribution in [1.82, 2.24) is 14.9 Å². The fourth-order valence-electron chi connectivity index (χ4n) is 2.64. The highest BCUT2D eigenvalue weighted by molar-refractivity contribution is 7.98. The molecule has 5 nitrogen and oxygen atoms in total. The second-order valence-electron chi connectivity index (χ2n) is 5.88. The summed E-state index contributed by atoms with van der Waals surface area (Å²) < 4.78 is 2.05. The molecule has 1 amide bonds. The van der Waals surface area contributed by atoms with Gasteiger partial charge in [0.1, 0.15) is 6.33 Å². The fraction of sp³-hybridized carbons (Fsp3) is 0.263. The van der Waals surface area contributed by atoms with Gasteiger partial charge in [-0.25, -0.2) is 4.98 Å². The number of rotatable bonds is 7. The van der Waals surface area contributed by atoms with Crippen LogP contribution in [0.5, 0.6) is 0 Å². The Bertz CT molecular complexity index is 844. The van der Waals surface area contributed by atoms with Gasteiger partial charge in [-0.05, 0) is 48.3 Å². The molecule has 1 aromatic heterocycles. The maximum absolute atomic E-state index is 12.0. The lowest BCUT2D eigenvalue weighted by Crippen LogP contribution is -2.40. The Morgan fingerprint density at radius 3 is 2.76 bits per heavy atom. The predicted molar refractivity (Wildman–Crippen MR) is 104 cm³/mol. The summed E-state index contributed by atoms with van der Waals surface area (Å²) in [4.78, 5) is 16.4. The molecule has 0 saturated heterocycles. The molecule has 0 aliphatic carbocycles. The minimum absolute atomic E-state index is 0.0984. The van der Waals surface area contributed by atoms with Gasteiger partial charge >= 0.3 is 0 Å². The Labute approximate surface area is 151 Å². The standard InChI is InChI=1S/C19H22N4OS/c1-25-11-10-16(20)19(24)21-12-14-6-8-15(9-7-14)23-13-22-17-4-2-3-5-18(17)23/h2-9,13,16H,10-12,20H2,1H3,(H,21,24). The molecule has 0 radical (unpaired) electrons. The average molecular weight is 354 g/mol. The van der Waals surface area contributed by atoms with Crippen molar-refractivity contribution in [1.29, 1.82) is 0 Å². The molecule has 2 aromatic carbocycles. The minimum atomic E-state index is -0.441. The first-order chi connectivity index (χ1) is 12.2. The van der Waals surface area contributed by atoms with Crippen molar-refractivity contribution in [2.45, 2.75) is 19.0 Å². The number of fused-ring (bicyclic) bond motifs is 1. The van der Waals surface area contributed by atoms with E-state index in [1.54, 1.807) is 11.8 Å². The largest absolute Gasteiger partial charge is 0.351 e. The summed E-state index contributed by atoms with van der Waals surface area (Å²) in [5.74, 6) is 0.793. The van der Waals surface area contributed by atoms with Crippen LogP contribution in [-0.2, 0) is 11.3 Å². The lowest BCUT2D eigenvalue weighted by atomic mass is 10.2. The molecule has 1 unspecified atom stereocenters. The Hall–Kier alpha value is -2.31. The van der Waals surface area contributed by atoms with Crippen LogP contribution in [0.4, 0.5) is 0 Å². The Morgan fingerprint density at radius 1 is 1.24 bits per heavy atom. The van der Waals surface area contributed by atoms with E-state index in [1.807, 2.05) is 61.1 Å². The summed E-state index contributed by atoms with van der Waals surface area (Å²) in [5, 5.41) is 2.90. The van der Waals surface area contributed by atoms with Crippen molar-refractivity contribution in [3.8, 4) is 5.69 Å². The summed E-state index contributed by atoms with van der Waals surface area (Å²) >= 11 is 1.70. The fourth-order valence-corrected chi connectivity index (χ4v) is 3.13. The molecule has 0 fully saturated rings. The highest BCUT2D eigenvalue weighted by Crippen LogP contribution is 2.18. The minimum Gasteiger partial charge on any atom is -0.351 e. The van der Waals surface area contributed by atoms with E-state index in [4.69, 9.17) is 5.73 Å². The van der Waals surface area contributed by atoms with E-state index in [0.717, 1.165) is 28.0 Å². The lowest BCUT2D eigenvalue weighted by Gasteiger charge is -2.12. The predicted octanol–water partition coefficient (Wildman–Crippen LogP) is 2.72.